The summed E-state index contributed by atoms with van der Waals surface area (Å²) in [6.45, 7) is 1.20. The van der Waals surface area contributed by atoms with E-state index in [1.54, 1.807) is 12.3 Å². The van der Waals surface area contributed by atoms with Gasteiger partial charge >= 0.3 is 0 Å². The van der Waals surface area contributed by atoms with E-state index in [1.807, 2.05) is 24.3 Å². The van der Waals surface area contributed by atoms with Crippen LogP contribution in [0.4, 0.5) is 11.5 Å². The summed E-state index contributed by atoms with van der Waals surface area (Å²) in [5.41, 5.74) is 7.72. The molecule has 0 aliphatic carbocycles. The normalized spacial score (nSPS) is 20.5. The monoisotopic (exact) mass is 404 g/mol. The lowest BCUT2D eigenvalue weighted by atomic mass is 10.1. The number of fused-ring (bicyclic) bond motifs is 8. The van der Waals surface area contributed by atoms with E-state index < -0.39 is 5.91 Å². The Balaban J connectivity index is 1.57. The predicted molar refractivity (Wildman–Crippen MR) is 110 cm³/mol. The molecule has 4 N–H and O–H groups in total. The fourth-order valence-corrected chi connectivity index (χ4v) is 3.58. The molecule has 0 spiro atoms. The number of hydrogen-bond donors (Lipinski definition) is 3. The highest BCUT2D eigenvalue weighted by atomic mass is 16.5. The van der Waals surface area contributed by atoms with E-state index in [9.17, 15) is 4.79 Å². The van der Waals surface area contributed by atoms with Crippen molar-refractivity contribution in [3.8, 4) is 22.8 Å². The molecular weight excluding hydrogens is 384 g/mol. The average Bonchev–Trinajstić information content (AvgIpc) is 3.21. The number of rotatable bonds is 0. The molecule has 4 heterocycles. The van der Waals surface area contributed by atoms with Crippen LogP contribution in [-0.2, 0) is 0 Å². The number of nitrogens with zero attached hydrogens (tertiary/aromatic N) is 3. The molecule has 2 aliphatic rings. The van der Waals surface area contributed by atoms with E-state index in [4.69, 9.17) is 15.2 Å². The molecule has 5 rings (SSSR count). The number of anilines is 2. The number of ether oxygens (including phenoxy) is 2. The maximum atomic E-state index is 12.9. The van der Waals surface area contributed by atoms with Gasteiger partial charge in [0.2, 0.25) is 0 Å². The summed E-state index contributed by atoms with van der Waals surface area (Å²) in [5.74, 6) is 0.805. The molecule has 1 amide bonds. The Kier molecular flexibility index (Phi) is 4.64. The molecule has 2 atom stereocenters. The molecule has 1 unspecified atom stereocenters. The van der Waals surface area contributed by atoms with Crippen LogP contribution in [-0.4, -0.2) is 46.2 Å². The summed E-state index contributed by atoms with van der Waals surface area (Å²) < 4.78 is 12.1. The predicted octanol–water partition coefficient (Wildman–Crippen LogP) is 1.87. The molecule has 2 aromatic heterocycles. The third-order valence-corrected chi connectivity index (χ3v) is 5.10. The second kappa shape index (κ2) is 7.60. The third-order valence-electron chi connectivity index (χ3n) is 5.10. The Bertz CT molecular complexity index is 1110. The highest BCUT2D eigenvalue weighted by Gasteiger charge is 2.27. The van der Waals surface area contributed by atoms with Crippen molar-refractivity contribution in [3.05, 3.63) is 54.6 Å². The van der Waals surface area contributed by atoms with Crippen molar-refractivity contribution < 1.29 is 14.3 Å². The summed E-state index contributed by atoms with van der Waals surface area (Å²) in [6, 6.07) is 9.40. The zero-order valence-corrected chi connectivity index (χ0v) is 16.0. The van der Waals surface area contributed by atoms with E-state index in [0.717, 1.165) is 12.0 Å². The quantitative estimate of drug-likeness (QED) is 0.519. The Morgan fingerprint density at radius 2 is 2.13 bits per heavy atom. The van der Waals surface area contributed by atoms with E-state index >= 15 is 0 Å². The molecule has 0 radical (unpaired) electrons. The van der Waals surface area contributed by atoms with Gasteiger partial charge in [-0.3, -0.25) is 9.78 Å². The van der Waals surface area contributed by atoms with Gasteiger partial charge in [0.05, 0.1) is 18.1 Å². The largest absolute Gasteiger partial charge is 0.492 e. The molecule has 1 saturated heterocycles. The van der Waals surface area contributed by atoms with E-state index in [0.29, 0.717) is 36.0 Å². The van der Waals surface area contributed by atoms with Gasteiger partial charge < -0.3 is 25.8 Å². The Morgan fingerprint density at radius 1 is 1.20 bits per heavy atom. The maximum Gasteiger partial charge on any atom is 0.278 e. The minimum absolute atomic E-state index is 0.0308. The fourth-order valence-electron chi connectivity index (χ4n) is 3.58. The summed E-state index contributed by atoms with van der Waals surface area (Å²) in [5, 5.41) is 6.22. The average molecular weight is 404 g/mol. The number of aromatic nitrogens is 3. The molecule has 30 heavy (non-hydrogen) atoms. The maximum absolute atomic E-state index is 12.9. The highest BCUT2D eigenvalue weighted by molar-refractivity contribution is 6.06. The minimum atomic E-state index is -0.485. The van der Waals surface area contributed by atoms with Gasteiger partial charge in [0.25, 0.3) is 5.91 Å². The van der Waals surface area contributed by atoms with Crippen LogP contribution in [0.5, 0.6) is 11.5 Å². The zero-order valence-electron chi connectivity index (χ0n) is 16.0. The molecular formula is C21H20N6O3. The SMILES string of the molecule is Nc1ncc2nc1C(=O)Nc1cnccc1OC1CN[C@@H](COc3cccc-2c3)C1. The van der Waals surface area contributed by atoms with Gasteiger partial charge in [-0.2, -0.15) is 0 Å². The number of hydrogen-bond acceptors (Lipinski definition) is 8. The molecule has 9 nitrogen and oxygen atoms in total. The van der Waals surface area contributed by atoms with Crippen molar-refractivity contribution in [2.24, 2.45) is 0 Å². The van der Waals surface area contributed by atoms with Crippen molar-refractivity contribution in [2.75, 3.05) is 24.2 Å². The number of pyridine rings is 1. The molecule has 3 aromatic rings. The van der Waals surface area contributed by atoms with Crippen LogP contribution < -0.4 is 25.8 Å². The summed E-state index contributed by atoms with van der Waals surface area (Å²) in [6.07, 6.45) is 5.43. The van der Waals surface area contributed by atoms with Crippen molar-refractivity contribution in [1.82, 2.24) is 20.3 Å². The van der Waals surface area contributed by atoms with E-state index in [2.05, 4.69) is 25.6 Å². The van der Waals surface area contributed by atoms with Crippen LogP contribution >= 0.6 is 0 Å². The van der Waals surface area contributed by atoms with Crippen LogP contribution in [0.2, 0.25) is 0 Å². The van der Waals surface area contributed by atoms with Gasteiger partial charge in [0.15, 0.2) is 11.5 Å². The number of nitrogens with two attached hydrogens (primary N) is 1. The van der Waals surface area contributed by atoms with Crippen molar-refractivity contribution >= 4 is 17.4 Å². The lowest BCUT2D eigenvalue weighted by Gasteiger charge is -2.17. The zero-order chi connectivity index (χ0) is 20.5. The lowest BCUT2D eigenvalue weighted by molar-refractivity contribution is 0.102. The highest BCUT2D eigenvalue weighted by Crippen LogP contribution is 2.28. The molecule has 1 aromatic carbocycles. The third kappa shape index (κ3) is 3.62. The molecule has 6 bridgehead atoms. The van der Waals surface area contributed by atoms with Gasteiger partial charge in [0, 0.05) is 36.8 Å². The topological polar surface area (TPSA) is 124 Å². The number of amides is 1. The Morgan fingerprint density at radius 3 is 3.07 bits per heavy atom. The number of carbonyl (C=O) groups is 1. The standard InChI is InChI=1S/C21H20N6O3/c22-20-19-21(28)27-17-9-23-5-4-18(17)30-15-7-13(24-8-15)11-29-14-3-1-2-12(6-14)16(26-19)10-25-20/h1-6,9-10,13,15,24H,7-8,11H2,(H2,22,25)(H,27,28)/t13-,15?/m1/s1. The van der Waals surface area contributed by atoms with Crippen LogP contribution in [0.1, 0.15) is 16.9 Å². The first-order chi connectivity index (χ1) is 14.7. The number of nitrogens with one attached hydrogen (secondary N) is 2. The van der Waals surface area contributed by atoms with Crippen molar-refractivity contribution in [2.45, 2.75) is 18.6 Å². The number of carbonyl (C=O) groups excluding carboxylic acids is 1. The summed E-state index contributed by atoms with van der Waals surface area (Å²) in [4.78, 5) is 25.6. The summed E-state index contributed by atoms with van der Waals surface area (Å²) in [7, 11) is 0. The van der Waals surface area contributed by atoms with Crippen LogP contribution in [0.25, 0.3) is 11.3 Å². The van der Waals surface area contributed by atoms with Gasteiger partial charge in [-0.05, 0) is 12.1 Å². The summed E-state index contributed by atoms with van der Waals surface area (Å²) >= 11 is 0. The Labute approximate surface area is 172 Å². The van der Waals surface area contributed by atoms with Crippen molar-refractivity contribution in [3.63, 3.8) is 0 Å². The van der Waals surface area contributed by atoms with Gasteiger partial charge in [-0.15, -0.1) is 0 Å². The van der Waals surface area contributed by atoms with Gasteiger partial charge in [-0.25, -0.2) is 9.97 Å². The first kappa shape index (κ1) is 18.3. The second-order valence-electron chi connectivity index (χ2n) is 7.23. The molecule has 1 fully saturated rings. The first-order valence-electron chi connectivity index (χ1n) is 9.67. The Hall–Kier alpha value is -3.72. The first-order valence-corrected chi connectivity index (χ1v) is 9.67. The van der Waals surface area contributed by atoms with Crippen LogP contribution in [0.3, 0.4) is 0 Å². The van der Waals surface area contributed by atoms with Crippen LogP contribution in [0.15, 0.2) is 48.9 Å². The van der Waals surface area contributed by atoms with Gasteiger partial charge in [-0.1, -0.05) is 12.1 Å². The smallest absolute Gasteiger partial charge is 0.278 e. The fraction of sp³-hybridized carbons (Fsp3) is 0.238. The number of benzene rings is 1. The van der Waals surface area contributed by atoms with Gasteiger partial charge in [0.1, 0.15) is 29.9 Å². The van der Waals surface area contributed by atoms with E-state index in [1.165, 1.54) is 12.4 Å². The molecule has 0 saturated carbocycles. The molecule has 2 aliphatic heterocycles. The minimum Gasteiger partial charge on any atom is -0.492 e. The van der Waals surface area contributed by atoms with Crippen LogP contribution in [0, 0.1) is 0 Å². The second-order valence-corrected chi connectivity index (χ2v) is 7.23. The number of nitrogen functional groups attached to an aromatic ring is 1. The van der Waals surface area contributed by atoms with E-state index in [-0.39, 0.29) is 23.7 Å². The molecule has 9 heteroatoms. The van der Waals surface area contributed by atoms with Crippen molar-refractivity contribution in [1.29, 1.82) is 0 Å². The lowest BCUT2D eigenvalue weighted by Crippen LogP contribution is -2.28. The molecule has 152 valence electrons.